The van der Waals surface area contributed by atoms with Crippen molar-refractivity contribution >= 4 is 5.69 Å². The standard InChI is InChI=1S/C17H18N2/c1-12-4-5-13(2)17(10-12)14(3)19-16-8-6-15(11-18)7-9-16/h4-10,14,19H,1-3H3. The Balaban J connectivity index is 2.18. The maximum absolute atomic E-state index is 8.78. The monoisotopic (exact) mass is 250 g/mol. The second kappa shape index (κ2) is 5.58. The van der Waals surface area contributed by atoms with Crippen LogP contribution in [0.1, 0.15) is 35.2 Å². The zero-order chi connectivity index (χ0) is 13.8. The molecule has 0 aliphatic heterocycles. The summed E-state index contributed by atoms with van der Waals surface area (Å²) in [6, 6.07) is 16.4. The number of hydrogen-bond donors (Lipinski definition) is 1. The Kier molecular flexibility index (Phi) is 3.87. The first kappa shape index (κ1) is 13.2. The van der Waals surface area contributed by atoms with E-state index >= 15 is 0 Å². The molecule has 0 radical (unpaired) electrons. The second-order valence-corrected chi connectivity index (χ2v) is 4.92. The third kappa shape index (κ3) is 3.14. The highest BCUT2D eigenvalue weighted by molar-refractivity contribution is 5.49. The lowest BCUT2D eigenvalue weighted by molar-refractivity contribution is 0.872. The SMILES string of the molecule is Cc1ccc(C)c(C(C)Nc2ccc(C#N)cc2)c1. The molecule has 2 aromatic rings. The summed E-state index contributed by atoms with van der Waals surface area (Å²) in [6.45, 7) is 6.39. The van der Waals surface area contributed by atoms with Crippen LogP contribution in [0, 0.1) is 25.2 Å². The summed E-state index contributed by atoms with van der Waals surface area (Å²) in [7, 11) is 0. The summed E-state index contributed by atoms with van der Waals surface area (Å²) < 4.78 is 0. The molecule has 2 aromatic carbocycles. The molecule has 19 heavy (non-hydrogen) atoms. The summed E-state index contributed by atoms with van der Waals surface area (Å²) in [4.78, 5) is 0. The van der Waals surface area contributed by atoms with Gasteiger partial charge in [0.1, 0.15) is 0 Å². The summed E-state index contributed by atoms with van der Waals surface area (Å²) in [5.74, 6) is 0. The van der Waals surface area contributed by atoms with Gasteiger partial charge >= 0.3 is 0 Å². The molecule has 1 unspecified atom stereocenters. The van der Waals surface area contributed by atoms with Crippen molar-refractivity contribution in [2.24, 2.45) is 0 Å². The fourth-order valence-corrected chi connectivity index (χ4v) is 2.20. The van der Waals surface area contributed by atoms with E-state index in [1.807, 2.05) is 24.3 Å². The highest BCUT2D eigenvalue weighted by atomic mass is 14.9. The molecule has 0 heterocycles. The van der Waals surface area contributed by atoms with Crippen molar-refractivity contribution in [3.05, 3.63) is 64.7 Å². The van der Waals surface area contributed by atoms with Crippen molar-refractivity contribution in [1.82, 2.24) is 0 Å². The third-order valence-electron chi connectivity index (χ3n) is 3.30. The molecule has 0 saturated carbocycles. The van der Waals surface area contributed by atoms with E-state index in [-0.39, 0.29) is 6.04 Å². The van der Waals surface area contributed by atoms with Crippen LogP contribution < -0.4 is 5.32 Å². The predicted octanol–water partition coefficient (Wildman–Crippen LogP) is 4.35. The summed E-state index contributed by atoms with van der Waals surface area (Å²) >= 11 is 0. The number of anilines is 1. The van der Waals surface area contributed by atoms with Gasteiger partial charge in [-0.1, -0.05) is 23.8 Å². The Bertz CT molecular complexity index is 606. The summed E-state index contributed by atoms with van der Waals surface area (Å²) in [5, 5.41) is 12.3. The molecule has 2 heteroatoms. The lowest BCUT2D eigenvalue weighted by Crippen LogP contribution is -2.08. The van der Waals surface area contributed by atoms with Crippen LogP contribution in [0.4, 0.5) is 5.69 Å². The number of rotatable bonds is 3. The largest absolute Gasteiger partial charge is 0.379 e. The van der Waals surface area contributed by atoms with Gasteiger partial charge in [-0.05, 0) is 56.2 Å². The molecular weight excluding hydrogens is 232 g/mol. The van der Waals surface area contributed by atoms with Crippen LogP contribution in [0.2, 0.25) is 0 Å². The van der Waals surface area contributed by atoms with Gasteiger partial charge in [0.15, 0.2) is 0 Å². The van der Waals surface area contributed by atoms with Gasteiger partial charge in [0.05, 0.1) is 11.6 Å². The summed E-state index contributed by atoms with van der Waals surface area (Å²) in [5.41, 5.74) is 5.59. The molecule has 0 bridgehead atoms. The molecule has 0 saturated heterocycles. The van der Waals surface area contributed by atoms with Gasteiger partial charge < -0.3 is 5.32 Å². The van der Waals surface area contributed by atoms with E-state index in [9.17, 15) is 0 Å². The van der Waals surface area contributed by atoms with Crippen LogP contribution in [-0.2, 0) is 0 Å². The fourth-order valence-electron chi connectivity index (χ4n) is 2.20. The van der Waals surface area contributed by atoms with Crippen molar-refractivity contribution in [2.75, 3.05) is 5.32 Å². The number of aryl methyl sites for hydroxylation is 2. The number of hydrogen-bond acceptors (Lipinski definition) is 2. The van der Waals surface area contributed by atoms with Gasteiger partial charge in [-0.25, -0.2) is 0 Å². The topological polar surface area (TPSA) is 35.8 Å². The first-order valence-corrected chi connectivity index (χ1v) is 6.44. The molecule has 0 amide bonds. The van der Waals surface area contributed by atoms with Gasteiger partial charge in [0.25, 0.3) is 0 Å². The predicted molar refractivity (Wildman–Crippen MR) is 79.1 cm³/mol. The zero-order valence-corrected chi connectivity index (χ0v) is 11.6. The lowest BCUT2D eigenvalue weighted by Gasteiger charge is -2.18. The first-order valence-electron chi connectivity index (χ1n) is 6.44. The Morgan fingerprint density at radius 3 is 2.37 bits per heavy atom. The Morgan fingerprint density at radius 1 is 1.05 bits per heavy atom. The van der Waals surface area contributed by atoms with Crippen molar-refractivity contribution in [3.63, 3.8) is 0 Å². The van der Waals surface area contributed by atoms with E-state index in [0.29, 0.717) is 5.56 Å². The number of nitrogens with one attached hydrogen (secondary N) is 1. The molecule has 1 N–H and O–H groups in total. The average molecular weight is 250 g/mol. The quantitative estimate of drug-likeness (QED) is 0.879. The minimum atomic E-state index is 0.243. The van der Waals surface area contributed by atoms with Crippen LogP contribution in [0.15, 0.2) is 42.5 Å². The van der Waals surface area contributed by atoms with Crippen molar-refractivity contribution in [3.8, 4) is 6.07 Å². The number of nitrogens with zero attached hydrogens (tertiary/aromatic N) is 1. The molecule has 0 aliphatic rings. The Labute approximate surface area is 114 Å². The Hall–Kier alpha value is -2.27. The van der Waals surface area contributed by atoms with Gasteiger partial charge in [0, 0.05) is 11.7 Å². The maximum atomic E-state index is 8.78. The van der Waals surface area contributed by atoms with Gasteiger partial charge in [-0.2, -0.15) is 5.26 Å². The molecular formula is C17H18N2. The van der Waals surface area contributed by atoms with Gasteiger partial charge in [0.2, 0.25) is 0 Å². The van der Waals surface area contributed by atoms with Crippen LogP contribution in [-0.4, -0.2) is 0 Å². The van der Waals surface area contributed by atoms with Crippen molar-refractivity contribution in [1.29, 1.82) is 5.26 Å². The van der Waals surface area contributed by atoms with Crippen LogP contribution in [0.5, 0.6) is 0 Å². The average Bonchev–Trinajstić information content (AvgIpc) is 2.42. The molecule has 0 aliphatic carbocycles. The molecule has 2 rings (SSSR count). The maximum Gasteiger partial charge on any atom is 0.0991 e. The van der Waals surface area contributed by atoms with Crippen molar-refractivity contribution < 1.29 is 0 Å². The van der Waals surface area contributed by atoms with Crippen LogP contribution in [0.25, 0.3) is 0 Å². The number of nitriles is 1. The van der Waals surface area contributed by atoms with E-state index in [1.54, 1.807) is 0 Å². The molecule has 0 spiro atoms. The lowest BCUT2D eigenvalue weighted by atomic mass is 10.00. The molecule has 0 fully saturated rings. The number of benzene rings is 2. The smallest absolute Gasteiger partial charge is 0.0991 e. The third-order valence-corrected chi connectivity index (χ3v) is 3.30. The highest BCUT2D eigenvalue weighted by Crippen LogP contribution is 2.23. The first-order chi connectivity index (χ1) is 9.10. The minimum Gasteiger partial charge on any atom is -0.379 e. The molecule has 96 valence electrons. The normalized spacial score (nSPS) is 11.7. The molecule has 2 nitrogen and oxygen atoms in total. The highest BCUT2D eigenvalue weighted by Gasteiger charge is 2.08. The summed E-state index contributed by atoms with van der Waals surface area (Å²) in [6.07, 6.45) is 0. The van der Waals surface area contributed by atoms with Gasteiger partial charge in [-0.3, -0.25) is 0 Å². The van der Waals surface area contributed by atoms with Crippen LogP contribution >= 0.6 is 0 Å². The fraction of sp³-hybridized carbons (Fsp3) is 0.235. The van der Waals surface area contributed by atoms with E-state index in [4.69, 9.17) is 5.26 Å². The van der Waals surface area contributed by atoms with Crippen LogP contribution in [0.3, 0.4) is 0 Å². The van der Waals surface area contributed by atoms with Crippen molar-refractivity contribution in [2.45, 2.75) is 26.8 Å². The second-order valence-electron chi connectivity index (χ2n) is 4.92. The van der Waals surface area contributed by atoms with E-state index in [0.717, 1.165) is 5.69 Å². The zero-order valence-electron chi connectivity index (χ0n) is 11.6. The van der Waals surface area contributed by atoms with E-state index in [1.165, 1.54) is 16.7 Å². The minimum absolute atomic E-state index is 0.243. The van der Waals surface area contributed by atoms with E-state index in [2.05, 4.69) is 50.4 Å². The molecule has 1 atom stereocenters. The van der Waals surface area contributed by atoms with Gasteiger partial charge in [-0.15, -0.1) is 0 Å². The van der Waals surface area contributed by atoms with E-state index < -0.39 is 0 Å². The Morgan fingerprint density at radius 2 is 1.74 bits per heavy atom. The molecule has 0 aromatic heterocycles.